The minimum atomic E-state index is -0.833. The molecule has 0 aliphatic heterocycles. The number of urea groups is 1. The normalized spacial score (nSPS) is 3.43. The number of rotatable bonds is 0. The summed E-state index contributed by atoms with van der Waals surface area (Å²) in [7, 11) is 0. The molecule has 0 radical (unpaired) electrons. The minimum absolute atomic E-state index is 0. The number of hydrogen-bond donors (Lipinski definition) is 3. The van der Waals surface area contributed by atoms with E-state index >= 15 is 0 Å². The predicted molar refractivity (Wildman–Crippen MR) is 34.0 cm³/mol. The van der Waals surface area contributed by atoms with E-state index in [-0.39, 0.29) is 59.1 Å². The molecular formula is CH10CaClN3O. The summed E-state index contributed by atoms with van der Waals surface area (Å²) in [5, 5.41) is 0. The third-order valence-corrected chi connectivity index (χ3v) is 0. The van der Waals surface area contributed by atoms with E-state index < -0.39 is 6.03 Å². The van der Waals surface area contributed by atoms with Crippen molar-refractivity contribution in [1.29, 1.82) is 0 Å². The fourth-order valence-corrected chi connectivity index (χ4v) is 0. The maximum atomic E-state index is 9.00. The first kappa shape index (κ1) is 25.0. The first-order valence-electron chi connectivity index (χ1n) is 0.781. The van der Waals surface area contributed by atoms with Crippen LogP contribution in [-0.4, -0.2) is 43.8 Å². The molecule has 0 heterocycles. The number of amides is 2. The van der Waals surface area contributed by atoms with Gasteiger partial charge in [-0.2, -0.15) is 0 Å². The zero-order valence-corrected chi connectivity index (χ0v) is 6.91. The van der Waals surface area contributed by atoms with Gasteiger partial charge < -0.3 is 20.5 Å². The van der Waals surface area contributed by atoms with Gasteiger partial charge in [-0.25, -0.2) is 4.79 Å². The van der Waals surface area contributed by atoms with Crippen molar-refractivity contribution in [3.05, 3.63) is 0 Å². The molecule has 0 rings (SSSR count). The second-order valence-corrected chi connectivity index (χ2v) is 0.402. The zero-order valence-electron chi connectivity index (χ0n) is 5.89. The van der Waals surface area contributed by atoms with Crippen molar-refractivity contribution in [3.8, 4) is 0 Å². The van der Waals surface area contributed by atoms with E-state index in [0.717, 1.165) is 0 Å². The van der Waals surface area contributed by atoms with E-state index in [1.54, 1.807) is 0 Å². The number of nitrogens with two attached hydrogens (primary N) is 2. The minimum Gasteiger partial charge on any atom is -1.00 e. The van der Waals surface area contributed by atoms with E-state index in [9.17, 15) is 0 Å². The Morgan fingerprint density at radius 2 is 1.43 bits per heavy atom. The second kappa shape index (κ2) is 15.9. The largest absolute Gasteiger partial charge is 2.00 e. The number of carbonyl (C=O) groups excluding carboxylic acids is 1. The van der Waals surface area contributed by atoms with E-state index in [4.69, 9.17) is 4.79 Å². The van der Waals surface area contributed by atoms with Crippen LogP contribution in [0.2, 0.25) is 0 Å². The molecule has 2 amide bonds. The smallest absolute Gasteiger partial charge is 1.00 e. The molecule has 0 aliphatic rings. The van der Waals surface area contributed by atoms with E-state index in [1.165, 1.54) is 0 Å². The van der Waals surface area contributed by atoms with Crippen LogP contribution in [0.1, 0.15) is 2.85 Å². The van der Waals surface area contributed by atoms with Crippen molar-refractivity contribution in [2.75, 3.05) is 0 Å². The van der Waals surface area contributed by atoms with Crippen molar-refractivity contribution >= 4 is 56.2 Å². The van der Waals surface area contributed by atoms with Gasteiger partial charge in [-0.1, -0.05) is 0 Å². The average Bonchev–Trinajstić information content (AvgIpc) is 0.811. The molecule has 0 aromatic heterocycles. The summed E-state index contributed by atoms with van der Waals surface area (Å²) < 4.78 is 0. The monoisotopic (exact) mass is 155 g/mol. The van der Waals surface area contributed by atoms with Gasteiger partial charge in [-0.05, 0) is 0 Å². The van der Waals surface area contributed by atoms with Crippen LogP contribution in [0, 0.1) is 0 Å². The topological polar surface area (TPSA) is 104 Å². The number of halogens is 1. The molecule has 0 bridgehead atoms. The van der Waals surface area contributed by atoms with Crippen LogP contribution < -0.4 is 17.6 Å². The molecular weight excluding hydrogens is 146 g/mol. The van der Waals surface area contributed by atoms with Crippen LogP contribution in [-0.2, 0) is 0 Å². The third-order valence-electron chi connectivity index (χ3n) is 0. The summed E-state index contributed by atoms with van der Waals surface area (Å²) in [5.74, 6) is 0. The maximum absolute atomic E-state index is 9.00. The van der Waals surface area contributed by atoms with E-state index in [2.05, 4.69) is 11.5 Å². The van der Waals surface area contributed by atoms with Gasteiger partial charge in [0.05, 0.1) is 0 Å². The van der Waals surface area contributed by atoms with Crippen LogP contribution in [0.5, 0.6) is 0 Å². The van der Waals surface area contributed by atoms with Crippen LogP contribution in [0.4, 0.5) is 4.79 Å². The van der Waals surface area contributed by atoms with Crippen LogP contribution in [0.25, 0.3) is 0 Å². The maximum Gasteiger partial charge on any atom is 2.00 e. The Kier molecular flexibility index (Phi) is 56.7. The van der Waals surface area contributed by atoms with Crippen molar-refractivity contribution < 1.29 is 7.65 Å². The molecule has 6 heteroatoms. The van der Waals surface area contributed by atoms with E-state index in [1.807, 2.05) is 0 Å². The third kappa shape index (κ3) is 255. The van der Waals surface area contributed by atoms with Crippen molar-refractivity contribution in [2.24, 2.45) is 11.5 Å². The fraction of sp³-hybridized carbons (Fsp3) is 0. The summed E-state index contributed by atoms with van der Waals surface area (Å²) in [6.45, 7) is 0. The standard InChI is InChI=1S/CH4N2O.Ca.ClH.H3N.2H/c2-1(3)4;;;;;/h(H4,2,3,4);;1H;1H3;;/q;+2;;;2*-1. The number of carbonyl (C=O) groups is 1. The van der Waals surface area contributed by atoms with Gasteiger partial charge in [0.1, 0.15) is 0 Å². The van der Waals surface area contributed by atoms with Gasteiger partial charge in [0.15, 0.2) is 0 Å². The zero-order chi connectivity index (χ0) is 3.58. The molecule has 7 N–H and O–H groups in total. The summed E-state index contributed by atoms with van der Waals surface area (Å²) in [6.07, 6.45) is 0. The molecule has 0 aromatic rings. The molecule has 0 aliphatic carbocycles. The van der Waals surface area contributed by atoms with Crippen LogP contribution in [0.3, 0.4) is 0 Å². The molecule has 4 nitrogen and oxygen atoms in total. The Morgan fingerprint density at radius 3 is 1.43 bits per heavy atom. The van der Waals surface area contributed by atoms with Gasteiger partial charge in [0, 0.05) is 0 Å². The molecule has 44 valence electrons. The van der Waals surface area contributed by atoms with E-state index in [0.29, 0.717) is 0 Å². The molecule has 0 saturated carbocycles. The molecule has 0 unspecified atom stereocenters. The second-order valence-electron chi connectivity index (χ2n) is 0.402. The molecule has 0 spiro atoms. The number of primary amides is 2. The molecule has 0 fully saturated rings. The summed E-state index contributed by atoms with van der Waals surface area (Å²) in [5.41, 5.74) is 8.50. The van der Waals surface area contributed by atoms with Crippen molar-refractivity contribution in [3.63, 3.8) is 0 Å². The fourth-order valence-electron chi connectivity index (χ4n) is 0. The Balaban J connectivity index is -0.00000000450. The molecule has 0 aromatic carbocycles. The van der Waals surface area contributed by atoms with Gasteiger partial charge >= 0.3 is 43.8 Å². The van der Waals surface area contributed by atoms with Crippen molar-refractivity contribution in [1.82, 2.24) is 6.15 Å². The van der Waals surface area contributed by atoms with Gasteiger partial charge in [-0.15, -0.1) is 12.4 Å². The molecule has 0 saturated heterocycles. The first-order valence-corrected chi connectivity index (χ1v) is 0.781. The summed E-state index contributed by atoms with van der Waals surface area (Å²) in [4.78, 5) is 9.00. The van der Waals surface area contributed by atoms with Crippen LogP contribution in [0.15, 0.2) is 0 Å². The Hall–Kier alpha value is 0.780. The van der Waals surface area contributed by atoms with Gasteiger partial charge in [-0.3, -0.25) is 0 Å². The SMILES string of the molecule is Cl.N.NC(N)=O.[Ca+2].[H-].[H-]. The first-order chi connectivity index (χ1) is 1.73. The molecule has 0 atom stereocenters. The summed E-state index contributed by atoms with van der Waals surface area (Å²) in [6, 6.07) is -0.833. The Bertz CT molecular complexity index is 44.8. The average molecular weight is 156 g/mol. The van der Waals surface area contributed by atoms with Gasteiger partial charge in [0.2, 0.25) is 0 Å². The Morgan fingerprint density at radius 1 is 1.43 bits per heavy atom. The molecule has 7 heavy (non-hydrogen) atoms. The summed E-state index contributed by atoms with van der Waals surface area (Å²) >= 11 is 0. The van der Waals surface area contributed by atoms with Gasteiger partial charge in [0.25, 0.3) is 0 Å². The van der Waals surface area contributed by atoms with Crippen LogP contribution >= 0.6 is 12.4 Å². The van der Waals surface area contributed by atoms with Crippen molar-refractivity contribution in [2.45, 2.75) is 0 Å². The predicted octanol–water partition coefficient (Wildman–Crippen LogP) is -0.548. The Labute approximate surface area is 81.0 Å². The quantitative estimate of drug-likeness (QED) is 0.409. The number of hydrogen-bond acceptors (Lipinski definition) is 2.